The molecule has 0 radical (unpaired) electrons. The number of fused-ring (bicyclic) bond motifs is 1. The van der Waals surface area contributed by atoms with E-state index in [1.807, 2.05) is 42.2 Å². The van der Waals surface area contributed by atoms with Gasteiger partial charge in [0, 0.05) is 38.0 Å². The van der Waals surface area contributed by atoms with Crippen LogP contribution in [0.3, 0.4) is 0 Å². The largest absolute Gasteiger partial charge is 0.497 e. The predicted octanol–water partition coefficient (Wildman–Crippen LogP) is 2.76. The summed E-state index contributed by atoms with van der Waals surface area (Å²) in [7, 11) is 3.62. The quantitative estimate of drug-likeness (QED) is 0.681. The van der Waals surface area contributed by atoms with Gasteiger partial charge in [0.25, 0.3) is 0 Å². The van der Waals surface area contributed by atoms with Crippen LogP contribution in [0.25, 0.3) is 11.0 Å². The van der Waals surface area contributed by atoms with Gasteiger partial charge >= 0.3 is 0 Å². The minimum atomic E-state index is 0.391. The molecule has 3 aromatic rings. The third kappa shape index (κ3) is 2.61. The molecule has 0 N–H and O–H groups in total. The molecule has 2 heterocycles. The molecule has 110 valence electrons. The van der Waals surface area contributed by atoms with Crippen LogP contribution in [0.4, 0.5) is 0 Å². The highest BCUT2D eigenvalue weighted by Gasteiger charge is 2.11. The van der Waals surface area contributed by atoms with E-state index in [9.17, 15) is 0 Å². The molecule has 0 spiro atoms. The smallest absolute Gasteiger partial charge is 0.124 e. The van der Waals surface area contributed by atoms with E-state index >= 15 is 0 Å². The summed E-state index contributed by atoms with van der Waals surface area (Å²) in [6, 6.07) is 7.91. The van der Waals surface area contributed by atoms with Gasteiger partial charge in [-0.05, 0) is 18.2 Å². The summed E-state index contributed by atoms with van der Waals surface area (Å²) in [6.45, 7) is 0.811. The van der Waals surface area contributed by atoms with E-state index in [0.717, 1.165) is 35.6 Å². The lowest BCUT2D eigenvalue weighted by molar-refractivity contribution is 0.415. The predicted molar refractivity (Wildman–Crippen MR) is 82.8 cm³/mol. The molecule has 0 saturated heterocycles. The van der Waals surface area contributed by atoms with E-state index in [1.165, 1.54) is 5.69 Å². The van der Waals surface area contributed by atoms with Crippen molar-refractivity contribution in [2.45, 2.75) is 18.8 Å². The SMILES string of the molecule is COc1ccc2nc(CCl)n(CCc3ccnn3C)c2c1. The van der Waals surface area contributed by atoms with E-state index < -0.39 is 0 Å². The third-order valence-corrected chi connectivity index (χ3v) is 3.91. The van der Waals surface area contributed by atoms with Gasteiger partial charge in [-0.25, -0.2) is 4.98 Å². The molecule has 0 fully saturated rings. The molecule has 6 heteroatoms. The lowest BCUT2D eigenvalue weighted by atomic mass is 10.2. The second-order valence-electron chi connectivity index (χ2n) is 4.86. The lowest BCUT2D eigenvalue weighted by Crippen LogP contribution is -2.08. The molecule has 0 aliphatic carbocycles. The Labute approximate surface area is 128 Å². The van der Waals surface area contributed by atoms with Crippen molar-refractivity contribution in [3.8, 4) is 5.75 Å². The third-order valence-electron chi connectivity index (χ3n) is 3.67. The second kappa shape index (κ2) is 5.77. The van der Waals surface area contributed by atoms with Crippen LogP contribution in [0, 0.1) is 0 Å². The summed E-state index contributed by atoms with van der Waals surface area (Å²) in [5.74, 6) is 2.09. The van der Waals surface area contributed by atoms with Crippen molar-refractivity contribution in [2.75, 3.05) is 7.11 Å². The van der Waals surface area contributed by atoms with Crippen LogP contribution in [0.1, 0.15) is 11.5 Å². The Bertz CT molecular complexity index is 762. The van der Waals surface area contributed by atoms with Crippen LogP contribution in [-0.4, -0.2) is 26.4 Å². The van der Waals surface area contributed by atoms with Crippen LogP contribution in [-0.2, 0) is 25.9 Å². The number of aryl methyl sites for hydroxylation is 3. The van der Waals surface area contributed by atoms with Crippen molar-refractivity contribution >= 4 is 22.6 Å². The molecule has 0 bridgehead atoms. The average molecular weight is 305 g/mol. The Morgan fingerprint density at radius 1 is 1.29 bits per heavy atom. The molecule has 0 amide bonds. The van der Waals surface area contributed by atoms with Gasteiger partial charge in [0.1, 0.15) is 11.6 Å². The zero-order valence-corrected chi connectivity index (χ0v) is 12.8. The van der Waals surface area contributed by atoms with E-state index in [-0.39, 0.29) is 0 Å². The van der Waals surface area contributed by atoms with Crippen molar-refractivity contribution in [3.05, 3.63) is 42.0 Å². The lowest BCUT2D eigenvalue weighted by Gasteiger charge is -2.08. The van der Waals surface area contributed by atoms with Gasteiger partial charge in [0.05, 0.1) is 24.0 Å². The molecule has 0 unspecified atom stereocenters. The van der Waals surface area contributed by atoms with Crippen molar-refractivity contribution in [1.82, 2.24) is 19.3 Å². The van der Waals surface area contributed by atoms with Crippen LogP contribution in [0.2, 0.25) is 0 Å². The highest BCUT2D eigenvalue weighted by molar-refractivity contribution is 6.16. The molecule has 0 aliphatic heterocycles. The van der Waals surface area contributed by atoms with Crippen molar-refractivity contribution < 1.29 is 4.74 Å². The Morgan fingerprint density at radius 2 is 2.14 bits per heavy atom. The summed E-state index contributed by atoms with van der Waals surface area (Å²) in [5.41, 5.74) is 3.17. The first-order valence-corrected chi connectivity index (χ1v) is 7.32. The van der Waals surface area contributed by atoms with E-state index in [0.29, 0.717) is 5.88 Å². The fourth-order valence-electron chi connectivity index (χ4n) is 2.50. The van der Waals surface area contributed by atoms with Crippen molar-refractivity contribution in [3.63, 3.8) is 0 Å². The van der Waals surface area contributed by atoms with Gasteiger partial charge in [0.2, 0.25) is 0 Å². The van der Waals surface area contributed by atoms with Crippen molar-refractivity contribution in [2.24, 2.45) is 7.05 Å². The van der Waals surface area contributed by atoms with Gasteiger partial charge < -0.3 is 9.30 Å². The first-order valence-electron chi connectivity index (χ1n) is 6.79. The Balaban J connectivity index is 1.97. The zero-order valence-electron chi connectivity index (χ0n) is 12.1. The maximum Gasteiger partial charge on any atom is 0.124 e. The molecule has 0 atom stereocenters. The van der Waals surface area contributed by atoms with Crippen molar-refractivity contribution in [1.29, 1.82) is 0 Å². The zero-order chi connectivity index (χ0) is 14.8. The number of halogens is 1. The number of imidazole rings is 1. The minimum Gasteiger partial charge on any atom is -0.497 e. The molecular weight excluding hydrogens is 288 g/mol. The molecule has 3 rings (SSSR count). The fraction of sp³-hybridized carbons (Fsp3) is 0.333. The molecule has 5 nitrogen and oxygen atoms in total. The Morgan fingerprint density at radius 3 is 2.81 bits per heavy atom. The van der Waals surface area contributed by atoms with E-state index in [4.69, 9.17) is 16.3 Å². The number of nitrogens with zero attached hydrogens (tertiary/aromatic N) is 4. The summed E-state index contributed by atoms with van der Waals surface area (Å²) in [4.78, 5) is 4.58. The number of methoxy groups -OCH3 is 1. The highest BCUT2D eigenvalue weighted by Crippen LogP contribution is 2.23. The standard InChI is InChI=1S/C15H17ClN4O/c1-19-11(5-7-17-19)6-8-20-14-9-12(21-2)3-4-13(14)18-15(20)10-16/h3-5,7,9H,6,8,10H2,1-2H3. The molecular formula is C15H17ClN4O. The van der Waals surface area contributed by atoms with E-state index in [2.05, 4.69) is 14.6 Å². The summed E-state index contributed by atoms with van der Waals surface area (Å²) < 4.78 is 9.34. The van der Waals surface area contributed by atoms with E-state index in [1.54, 1.807) is 7.11 Å². The Hall–Kier alpha value is -2.01. The maximum absolute atomic E-state index is 6.04. The van der Waals surface area contributed by atoms with Crippen LogP contribution in [0.15, 0.2) is 30.5 Å². The summed E-state index contributed by atoms with van der Waals surface area (Å²) >= 11 is 6.04. The summed E-state index contributed by atoms with van der Waals surface area (Å²) in [6.07, 6.45) is 2.69. The van der Waals surface area contributed by atoms with Crippen LogP contribution < -0.4 is 4.74 Å². The van der Waals surface area contributed by atoms with Crippen LogP contribution >= 0.6 is 11.6 Å². The first kappa shape index (κ1) is 13.9. The average Bonchev–Trinajstić information content (AvgIpc) is 3.07. The number of benzene rings is 1. The Kier molecular flexibility index (Phi) is 3.84. The monoisotopic (exact) mass is 304 g/mol. The van der Waals surface area contributed by atoms with Gasteiger partial charge in [-0.3, -0.25) is 4.68 Å². The number of hydrogen-bond donors (Lipinski definition) is 0. The number of hydrogen-bond acceptors (Lipinski definition) is 3. The molecule has 0 aliphatic rings. The van der Waals surface area contributed by atoms with Gasteiger partial charge in [-0.1, -0.05) is 0 Å². The first-order chi connectivity index (χ1) is 10.2. The molecule has 2 aromatic heterocycles. The number of rotatable bonds is 5. The second-order valence-corrected chi connectivity index (χ2v) is 5.13. The van der Waals surface area contributed by atoms with Gasteiger partial charge in [-0.2, -0.15) is 5.10 Å². The molecule has 1 aromatic carbocycles. The number of aromatic nitrogens is 4. The highest BCUT2D eigenvalue weighted by atomic mass is 35.5. The van der Waals surface area contributed by atoms with Crippen LogP contribution in [0.5, 0.6) is 5.75 Å². The maximum atomic E-state index is 6.04. The van der Waals surface area contributed by atoms with Gasteiger partial charge in [0.15, 0.2) is 0 Å². The topological polar surface area (TPSA) is 44.9 Å². The normalized spacial score (nSPS) is 11.2. The minimum absolute atomic E-state index is 0.391. The van der Waals surface area contributed by atoms with Gasteiger partial charge in [-0.15, -0.1) is 11.6 Å². The molecule has 0 saturated carbocycles. The fourth-order valence-corrected chi connectivity index (χ4v) is 2.71. The summed E-state index contributed by atoms with van der Waals surface area (Å²) in [5, 5.41) is 4.19. The number of ether oxygens (including phenoxy) is 1. The molecule has 21 heavy (non-hydrogen) atoms. The number of alkyl halides is 1.